The molecule has 0 saturated carbocycles. The fourth-order valence-electron chi connectivity index (χ4n) is 3.01. The summed E-state index contributed by atoms with van der Waals surface area (Å²) >= 11 is 0. The predicted molar refractivity (Wildman–Crippen MR) is 81.0 cm³/mol. The van der Waals surface area contributed by atoms with Gasteiger partial charge in [-0.15, -0.1) is 0 Å². The van der Waals surface area contributed by atoms with Gasteiger partial charge in [-0.05, 0) is 32.2 Å². The van der Waals surface area contributed by atoms with Crippen molar-refractivity contribution in [1.29, 1.82) is 0 Å². The molecule has 2 rings (SSSR count). The molecule has 0 bridgehead atoms. The molecule has 1 spiro atoms. The summed E-state index contributed by atoms with van der Waals surface area (Å²) < 4.78 is 0. The summed E-state index contributed by atoms with van der Waals surface area (Å²) in [7, 11) is 1.60. The van der Waals surface area contributed by atoms with Crippen molar-refractivity contribution < 1.29 is 14.4 Å². The second-order valence-electron chi connectivity index (χ2n) is 5.91. The smallest absolute Gasteiger partial charge is 0.325 e. The number of nitrogens with zero attached hydrogens (tertiary/aromatic N) is 2. The van der Waals surface area contributed by atoms with Crippen molar-refractivity contribution in [3.05, 3.63) is 0 Å². The van der Waals surface area contributed by atoms with E-state index in [-0.39, 0.29) is 17.8 Å². The summed E-state index contributed by atoms with van der Waals surface area (Å²) in [5.41, 5.74) is 4.66. The van der Waals surface area contributed by atoms with E-state index in [0.717, 1.165) is 12.8 Å². The Morgan fingerprint density at radius 2 is 2.00 bits per heavy atom. The molecular formula is C14H25N5O3. The molecule has 124 valence electrons. The number of hydrogen-bond acceptors (Lipinski definition) is 5. The first-order valence-electron chi connectivity index (χ1n) is 7.79. The zero-order valence-electron chi connectivity index (χ0n) is 13.1. The van der Waals surface area contributed by atoms with Crippen LogP contribution in [0.3, 0.4) is 0 Å². The summed E-state index contributed by atoms with van der Waals surface area (Å²) in [6, 6.07) is -0.304. The van der Waals surface area contributed by atoms with Gasteiger partial charge in [-0.2, -0.15) is 0 Å². The van der Waals surface area contributed by atoms with Crippen molar-refractivity contribution in [3.8, 4) is 0 Å². The number of imide groups is 1. The first kappa shape index (κ1) is 16.7. The van der Waals surface area contributed by atoms with Crippen LogP contribution in [0.2, 0.25) is 0 Å². The van der Waals surface area contributed by atoms with Crippen LogP contribution in [0.4, 0.5) is 4.79 Å². The Morgan fingerprint density at radius 3 is 2.59 bits per heavy atom. The molecule has 8 nitrogen and oxygen atoms in total. The molecule has 22 heavy (non-hydrogen) atoms. The van der Waals surface area contributed by atoms with Gasteiger partial charge in [0.05, 0.1) is 6.54 Å². The van der Waals surface area contributed by atoms with Crippen molar-refractivity contribution in [3.63, 3.8) is 0 Å². The Kier molecular flexibility index (Phi) is 5.36. The maximum atomic E-state index is 12.6. The van der Waals surface area contributed by atoms with Crippen LogP contribution in [-0.4, -0.2) is 73.0 Å². The van der Waals surface area contributed by atoms with Crippen LogP contribution in [0.1, 0.15) is 25.7 Å². The zero-order chi connectivity index (χ0) is 16.2. The first-order chi connectivity index (χ1) is 10.5. The van der Waals surface area contributed by atoms with E-state index >= 15 is 0 Å². The van der Waals surface area contributed by atoms with Crippen molar-refractivity contribution in [1.82, 2.24) is 20.4 Å². The number of likely N-dealkylation sites (N-methyl/N-ethyl adjacent to an activating group) is 1. The number of hydrogen-bond donors (Lipinski definition) is 3. The van der Waals surface area contributed by atoms with Crippen LogP contribution in [0.5, 0.6) is 0 Å². The van der Waals surface area contributed by atoms with Crippen LogP contribution >= 0.6 is 0 Å². The van der Waals surface area contributed by atoms with Gasteiger partial charge in [-0.1, -0.05) is 0 Å². The van der Waals surface area contributed by atoms with Crippen LogP contribution in [0.15, 0.2) is 0 Å². The van der Waals surface area contributed by atoms with Gasteiger partial charge in [0.25, 0.3) is 5.91 Å². The molecule has 0 aromatic carbocycles. The number of unbranched alkanes of at least 4 members (excludes halogenated alkanes) is 1. The molecule has 0 atom stereocenters. The molecule has 2 aliphatic heterocycles. The van der Waals surface area contributed by atoms with Crippen LogP contribution < -0.4 is 16.4 Å². The van der Waals surface area contributed by atoms with Crippen LogP contribution in [-0.2, 0) is 9.59 Å². The van der Waals surface area contributed by atoms with Gasteiger partial charge >= 0.3 is 6.03 Å². The van der Waals surface area contributed by atoms with E-state index in [4.69, 9.17) is 5.73 Å². The minimum Gasteiger partial charge on any atom is -0.358 e. The highest BCUT2D eigenvalue weighted by atomic mass is 16.2. The molecule has 0 unspecified atom stereocenters. The van der Waals surface area contributed by atoms with E-state index in [1.54, 1.807) is 7.05 Å². The average Bonchev–Trinajstić information content (AvgIpc) is 2.74. The molecule has 2 fully saturated rings. The molecule has 2 aliphatic rings. The van der Waals surface area contributed by atoms with E-state index in [0.29, 0.717) is 45.6 Å². The van der Waals surface area contributed by atoms with Gasteiger partial charge in [-0.3, -0.25) is 19.4 Å². The topological polar surface area (TPSA) is 108 Å². The third kappa shape index (κ3) is 3.38. The number of carbonyl (C=O) groups excluding carboxylic acids is 3. The van der Waals surface area contributed by atoms with E-state index in [9.17, 15) is 14.4 Å². The molecule has 2 saturated heterocycles. The molecule has 0 aliphatic carbocycles. The summed E-state index contributed by atoms with van der Waals surface area (Å²) in [5, 5.41) is 5.45. The van der Waals surface area contributed by atoms with Gasteiger partial charge in [0, 0.05) is 26.7 Å². The number of nitrogens with two attached hydrogens (primary N) is 1. The number of carbonyl (C=O) groups is 3. The molecular weight excluding hydrogens is 286 g/mol. The van der Waals surface area contributed by atoms with E-state index < -0.39 is 5.54 Å². The van der Waals surface area contributed by atoms with E-state index in [1.165, 1.54) is 4.90 Å². The lowest BCUT2D eigenvalue weighted by Gasteiger charge is -2.36. The number of nitrogens with one attached hydrogen (secondary N) is 2. The van der Waals surface area contributed by atoms with Gasteiger partial charge in [-0.25, -0.2) is 4.79 Å². The highest BCUT2D eigenvalue weighted by Crippen LogP contribution is 2.29. The number of rotatable bonds is 6. The van der Waals surface area contributed by atoms with Crippen molar-refractivity contribution in [2.75, 3.05) is 39.8 Å². The SMILES string of the molecule is CNC(=O)CN1CCC2(CC1)NC(=O)N(CCCCN)C2=O. The molecule has 0 aromatic rings. The monoisotopic (exact) mass is 311 g/mol. The molecule has 2 heterocycles. The number of likely N-dealkylation sites (tertiary alicyclic amines) is 1. The van der Waals surface area contributed by atoms with Crippen molar-refractivity contribution in [2.45, 2.75) is 31.2 Å². The Labute approximate surface area is 130 Å². The highest BCUT2D eigenvalue weighted by Gasteiger charge is 2.51. The normalized spacial score (nSPS) is 21.3. The lowest BCUT2D eigenvalue weighted by molar-refractivity contribution is -0.133. The predicted octanol–water partition coefficient (Wildman–Crippen LogP) is -1.14. The maximum absolute atomic E-state index is 12.6. The zero-order valence-corrected chi connectivity index (χ0v) is 13.1. The minimum absolute atomic E-state index is 0.0406. The lowest BCUT2D eigenvalue weighted by atomic mass is 9.87. The van der Waals surface area contributed by atoms with Gasteiger partial charge < -0.3 is 16.4 Å². The van der Waals surface area contributed by atoms with Crippen molar-refractivity contribution >= 4 is 17.8 Å². The molecule has 4 amide bonds. The summed E-state index contributed by atoms with van der Waals surface area (Å²) in [5.74, 6) is -0.171. The van der Waals surface area contributed by atoms with Gasteiger partial charge in [0.2, 0.25) is 5.91 Å². The van der Waals surface area contributed by atoms with Gasteiger partial charge in [0.15, 0.2) is 0 Å². The first-order valence-corrected chi connectivity index (χ1v) is 7.79. The number of piperidine rings is 1. The van der Waals surface area contributed by atoms with E-state index in [2.05, 4.69) is 10.6 Å². The summed E-state index contributed by atoms with van der Waals surface area (Å²) in [6.07, 6.45) is 2.61. The van der Waals surface area contributed by atoms with Crippen LogP contribution in [0, 0.1) is 0 Å². The third-order valence-electron chi connectivity index (χ3n) is 4.44. The molecule has 4 N–H and O–H groups in total. The Morgan fingerprint density at radius 1 is 1.32 bits per heavy atom. The van der Waals surface area contributed by atoms with Gasteiger partial charge in [0.1, 0.15) is 5.54 Å². The number of urea groups is 1. The summed E-state index contributed by atoms with van der Waals surface area (Å²) in [4.78, 5) is 39.3. The quantitative estimate of drug-likeness (QED) is 0.424. The lowest BCUT2D eigenvalue weighted by Crippen LogP contribution is -2.55. The van der Waals surface area contributed by atoms with Crippen LogP contribution in [0.25, 0.3) is 0 Å². The minimum atomic E-state index is -0.779. The second-order valence-corrected chi connectivity index (χ2v) is 5.91. The largest absolute Gasteiger partial charge is 0.358 e. The second kappa shape index (κ2) is 7.06. The van der Waals surface area contributed by atoms with E-state index in [1.807, 2.05) is 4.90 Å². The fraction of sp³-hybridized carbons (Fsp3) is 0.786. The number of amides is 4. The Hall–Kier alpha value is -1.67. The molecule has 0 aromatic heterocycles. The Balaban J connectivity index is 1.91. The standard InChI is InChI=1S/C14H25N5O3/c1-16-11(20)10-18-8-4-14(5-9-18)12(21)19(13(22)17-14)7-3-2-6-15/h2-10,15H2,1H3,(H,16,20)(H,17,22). The fourth-order valence-corrected chi connectivity index (χ4v) is 3.01. The Bertz CT molecular complexity index is 446. The molecule has 8 heteroatoms. The summed E-state index contributed by atoms with van der Waals surface area (Å²) in [6.45, 7) is 2.55. The average molecular weight is 311 g/mol. The maximum Gasteiger partial charge on any atom is 0.325 e. The molecule has 0 radical (unpaired) electrons. The highest BCUT2D eigenvalue weighted by molar-refractivity contribution is 6.07. The third-order valence-corrected chi connectivity index (χ3v) is 4.44. The van der Waals surface area contributed by atoms with Crippen molar-refractivity contribution in [2.24, 2.45) is 5.73 Å².